The Hall–Kier alpha value is -1.55. The molecule has 0 atom stereocenters. The summed E-state index contributed by atoms with van der Waals surface area (Å²) < 4.78 is 5.58. The van der Waals surface area contributed by atoms with E-state index < -0.39 is 0 Å². The second-order valence-electron chi connectivity index (χ2n) is 6.80. The number of hydrogen-bond donors (Lipinski definition) is 1. The van der Waals surface area contributed by atoms with Crippen molar-refractivity contribution in [2.24, 2.45) is 5.92 Å². The van der Waals surface area contributed by atoms with Gasteiger partial charge >= 0.3 is 0 Å². The summed E-state index contributed by atoms with van der Waals surface area (Å²) in [6, 6.07) is 6.87. The van der Waals surface area contributed by atoms with Gasteiger partial charge in [-0.2, -0.15) is 0 Å². The summed E-state index contributed by atoms with van der Waals surface area (Å²) in [5.41, 5.74) is 2.54. The molecule has 2 heterocycles. The molecule has 0 unspecified atom stereocenters. The highest BCUT2D eigenvalue weighted by Crippen LogP contribution is 2.30. The van der Waals surface area contributed by atoms with Gasteiger partial charge in [-0.15, -0.1) is 0 Å². The van der Waals surface area contributed by atoms with Gasteiger partial charge in [-0.1, -0.05) is 25.0 Å². The normalized spacial score (nSPS) is 21.3. The van der Waals surface area contributed by atoms with Gasteiger partial charge in [0.15, 0.2) is 0 Å². The molecule has 1 aliphatic carbocycles. The summed E-state index contributed by atoms with van der Waals surface area (Å²) in [6.07, 6.45) is 5.84. The topological polar surface area (TPSA) is 41.6 Å². The Labute approximate surface area is 131 Å². The van der Waals surface area contributed by atoms with Crippen LogP contribution in [0.1, 0.15) is 36.8 Å². The molecule has 0 bridgehead atoms. The molecule has 0 spiro atoms. The minimum absolute atomic E-state index is 0.193. The highest BCUT2D eigenvalue weighted by atomic mass is 16.5. The molecule has 2 fully saturated rings. The third-order valence-electron chi connectivity index (χ3n) is 5.29. The van der Waals surface area contributed by atoms with Crippen LogP contribution in [0, 0.1) is 5.92 Å². The number of benzene rings is 1. The van der Waals surface area contributed by atoms with Crippen LogP contribution in [0.25, 0.3) is 0 Å². The molecule has 0 radical (unpaired) electrons. The van der Waals surface area contributed by atoms with E-state index in [-0.39, 0.29) is 5.92 Å². The SMILES string of the molecule is O=C(C1CNC1)N(Cc1ccc2c(c1)CCO2)C1CCCC1. The van der Waals surface area contributed by atoms with Gasteiger partial charge in [0.25, 0.3) is 0 Å². The Bertz CT molecular complexity index is 562. The number of hydrogen-bond acceptors (Lipinski definition) is 3. The maximum absolute atomic E-state index is 12.8. The zero-order chi connectivity index (χ0) is 14.9. The van der Waals surface area contributed by atoms with Crippen molar-refractivity contribution in [2.45, 2.75) is 44.7 Å². The van der Waals surface area contributed by atoms with Gasteiger partial charge in [0, 0.05) is 32.1 Å². The molecule has 1 saturated carbocycles. The lowest BCUT2D eigenvalue weighted by atomic mass is 9.99. The summed E-state index contributed by atoms with van der Waals surface area (Å²) >= 11 is 0. The van der Waals surface area contributed by atoms with E-state index >= 15 is 0 Å². The lowest BCUT2D eigenvalue weighted by molar-refractivity contribution is -0.140. The molecule has 2 aliphatic heterocycles. The van der Waals surface area contributed by atoms with Crippen molar-refractivity contribution < 1.29 is 9.53 Å². The lowest BCUT2D eigenvalue weighted by Crippen LogP contribution is -2.53. The molecule has 1 amide bonds. The molecule has 1 saturated heterocycles. The maximum Gasteiger partial charge on any atom is 0.228 e. The first-order chi connectivity index (χ1) is 10.8. The third kappa shape index (κ3) is 2.60. The second kappa shape index (κ2) is 5.92. The van der Waals surface area contributed by atoms with Crippen molar-refractivity contribution in [3.63, 3.8) is 0 Å². The van der Waals surface area contributed by atoms with Crippen LogP contribution in [0.4, 0.5) is 0 Å². The lowest BCUT2D eigenvalue weighted by Gasteiger charge is -2.36. The van der Waals surface area contributed by atoms with Gasteiger partial charge in [0.05, 0.1) is 12.5 Å². The zero-order valence-electron chi connectivity index (χ0n) is 13.0. The van der Waals surface area contributed by atoms with E-state index in [1.807, 2.05) is 0 Å². The number of nitrogens with zero attached hydrogens (tertiary/aromatic N) is 1. The molecule has 3 aliphatic rings. The van der Waals surface area contributed by atoms with Crippen molar-refractivity contribution in [3.8, 4) is 5.75 Å². The quantitative estimate of drug-likeness (QED) is 0.926. The van der Waals surface area contributed by atoms with Gasteiger partial charge < -0.3 is 15.0 Å². The molecule has 4 nitrogen and oxygen atoms in total. The first-order valence-electron chi connectivity index (χ1n) is 8.57. The first-order valence-corrected chi connectivity index (χ1v) is 8.57. The molecule has 118 valence electrons. The largest absolute Gasteiger partial charge is 0.493 e. The smallest absolute Gasteiger partial charge is 0.228 e. The Kier molecular flexibility index (Phi) is 3.78. The van der Waals surface area contributed by atoms with Crippen LogP contribution in [0.5, 0.6) is 5.75 Å². The predicted octanol–water partition coefficient (Wildman–Crippen LogP) is 2.11. The van der Waals surface area contributed by atoms with Crippen LogP contribution in [0.15, 0.2) is 18.2 Å². The van der Waals surface area contributed by atoms with Crippen LogP contribution < -0.4 is 10.1 Å². The standard InChI is InChI=1S/C18H24N2O2/c21-18(15-10-19-11-15)20(16-3-1-2-4-16)12-13-5-6-17-14(9-13)7-8-22-17/h5-6,9,15-16,19H,1-4,7-8,10-12H2. The maximum atomic E-state index is 12.8. The second-order valence-corrected chi connectivity index (χ2v) is 6.80. The van der Waals surface area contributed by atoms with Gasteiger partial charge in [-0.05, 0) is 30.0 Å². The van der Waals surface area contributed by atoms with Crippen LogP contribution in [-0.2, 0) is 17.8 Å². The summed E-state index contributed by atoms with van der Waals surface area (Å²) in [5, 5.41) is 3.22. The summed E-state index contributed by atoms with van der Waals surface area (Å²) in [4.78, 5) is 15.0. The van der Waals surface area contributed by atoms with Gasteiger partial charge in [0.2, 0.25) is 5.91 Å². The average molecular weight is 300 g/mol. The summed E-state index contributed by atoms with van der Waals surface area (Å²) in [5.74, 6) is 1.56. The number of rotatable bonds is 4. The third-order valence-corrected chi connectivity index (χ3v) is 5.29. The summed E-state index contributed by atoms with van der Waals surface area (Å²) in [7, 11) is 0. The van der Waals surface area contributed by atoms with Crippen molar-refractivity contribution in [3.05, 3.63) is 29.3 Å². The number of carbonyl (C=O) groups excluding carboxylic acids is 1. The number of nitrogens with one attached hydrogen (secondary N) is 1. The van der Waals surface area contributed by atoms with E-state index in [1.165, 1.54) is 36.8 Å². The summed E-state index contributed by atoms with van der Waals surface area (Å²) in [6.45, 7) is 3.24. The Morgan fingerprint density at radius 2 is 2.09 bits per heavy atom. The predicted molar refractivity (Wildman–Crippen MR) is 84.8 cm³/mol. The fourth-order valence-corrected chi connectivity index (χ4v) is 3.84. The van der Waals surface area contributed by atoms with Crippen molar-refractivity contribution in [1.29, 1.82) is 0 Å². The first kappa shape index (κ1) is 14.1. The van der Waals surface area contributed by atoms with Crippen molar-refractivity contribution in [2.75, 3.05) is 19.7 Å². The molecule has 0 aromatic heterocycles. The van der Waals surface area contributed by atoms with E-state index in [9.17, 15) is 4.79 Å². The molecule has 1 N–H and O–H groups in total. The average Bonchev–Trinajstić information content (AvgIpc) is 3.13. The van der Waals surface area contributed by atoms with Gasteiger partial charge in [-0.25, -0.2) is 0 Å². The van der Waals surface area contributed by atoms with Crippen molar-refractivity contribution >= 4 is 5.91 Å². The van der Waals surface area contributed by atoms with Crippen LogP contribution in [-0.4, -0.2) is 36.5 Å². The van der Waals surface area contributed by atoms with Crippen LogP contribution in [0.2, 0.25) is 0 Å². The molecule has 1 aromatic carbocycles. The van der Waals surface area contributed by atoms with Gasteiger partial charge in [0.1, 0.15) is 5.75 Å². The van der Waals surface area contributed by atoms with E-state index in [2.05, 4.69) is 28.4 Å². The number of fused-ring (bicyclic) bond motifs is 1. The number of amides is 1. The molecule has 1 aromatic rings. The van der Waals surface area contributed by atoms with E-state index in [0.29, 0.717) is 11.9 Å². The highest BCUT2D eigenvalue weighted by molar-refractivity contribution is 5.80. The van der Waals surface area contributed by atoms with E-state index in [4.69, 9.17) is 4.74 Å². The Morgan fingerprint density at radius 1 is 1.27 bits per heavy atom. The molecule has 4 heteroatoms. The molecule has 4 rings (SSSR count). The van der Waals surface area contributed by atoms with Gasteiger partial charge in [-0.3, -0.25) is 4.79 Å². The number of ether oxygens (including phenoxy) is 1. The monoisotopic (exact) mass is 300 g/mol. The fourth-order valence-electron chi connectivity index (χ4n) is 3.84. The van der Waals surface area contributed by atoms with Crippen LogP contribution >= 0.6 is 0 Å². The zero-order valence-corrected chi connectivity index (χ0v) is 13.0. The van der Waals surface area contributed by atoms with E-state index in [0.717, 1.165) is 38.4 Å². The molecular formula is C18H24N2O2. The van der Waals surface area contributed by atoms with Crippen molar-refractivity contribution in [1.82, 2.24) is 10.2 Å². The Morgan fingerprint density at radius 3 is 2.82 bits per heavy atom. The minimum atomic E-state index is 0.193. The fraction of sp³-hybridized carbons (Fsp3) is 0.611. The van der Waals surface area contributed by atoms with E-state index in [1.54, 1.807) is 0 Å². The highest BCUT2D eigenvalue weighted by Gasteiger charge is 2.34. The molecule has 22 heavy (non-hydrogen) atoms. The minimum Gasteiger partial charge on any atom is -0.493 e. The van der Waals surface area contributed by atoms with Crippen LogP contribution in [0.3, 0.4) is 0 Å². The Balaban J connectivity index is 1.53. The number of carbonyl (C=O) groups is 1. The molecular weight excluding hydrogens is 276 g/mol.